The number of thioether (sulfide) groups is 1. The van der Waals surface area contributed by atoms with Gasteiger partial charge in [-0.15, -0.1) is 11.8 Å². The van der Waals surface area contributed by atoms with Gasteiger partial charge in [0.2, 0.25) is 0 Å². The van der Waals surface area contributed by atoms with Crippen LogP contribution in [-0.2, 0) is 6.54 Å². The highest BCUT2D eigenvalue weighted by Gasteiger charge is 2.02. The fraction of sp³-hybridized carbons (Fsp3) is 0.143. The quantitative estimate of drug-likeness (QED) is 0.820. The molecular weight excluding hydrogens is 260 g/mol. The van der Waals surface area contributed by atoms with Gasteiger partial charge in [-0.05, 0) is 42.7 Å². The van der Waals surface area contributed by atoms with Crippen molar-refractivity contribution < 1.29 is 9.90 Å². The molecule has 0 fully saturated rings. The Morgan fingerprint density at radius 3 is 2.53 bits per heavy atom. The summed E-state index contributed by atoms with van der Waals surface area (Å²) in [6.07, 6.45) is 3.41. The van der Waals surface area contributed by atoms with Crippen molar-refractivity contribution in [1.29, 1.82) is 0 Å². The number of carboxylic acids is 1. The molecule has 19 heavy (non-hydrogen) atoms. The predicted octanol–water partition coefficient (Wildman–Crippen LogP) is 3.11. The van der Waals surface area contributed by atoms with Crippen molar-refractivity contribution in [2.45, 2.75) is 11.4 Å². The zero-order chi connectivity index (χ0) is 13.7. The fourth-order valence-electron chi connectivity index (χ4n) is 1.56. The lowest BCUT2D eigenvalue weighted by Crippen LogP contribution is -2.03. The number of pyridine rings is 1. The maximum absolute atomic E-state index is 10.7. The van der Waals surface area contributed by atoms with E-state index < -0.39 is 5.97 Å². The molecule has 1 aromatic carbocycles. The standard InChI is InChI=1S/C14H14N2O2S/c1-19-13-6-4-11(5-7-13)16-9-12-3-2-10(8-15-12)14(17)18/h2-8,16H,9H2,1H3,(H,17,18). The number of rotatable bonds is 5. The lowest BCUT2D eigenvalue weighted by atomic mass is 10.2. The summed E-state index contributed by atoms with van der Waals surface area (Å²) >= 11 is 1.70. The minimum atomic E-state index is -0.959. The molecule has 0 unspecified atom stereocenters. The Morgan fingerprint density at radius 2 is 2.00 bits per heavy atom. The summed E-state index contributed by atoms with van der Waals surface area (Å²) in [5.41, 5.74) is 2.02. The van der Waals surface area contributed by atoms with Crippen molar-refractivity contribution in [3.05, 3.63) is 53.9 Å². The topological polar surface area (TPSA) is 62.2 Å². The van der Waals surface area contributed by atoms with Gasteiger partial charge in [0.05, 0.1) is 17.8 Å². The lowest BCUT2D eigenvalue weighted by molar-refractivity contribution is 0.0696. The number of anilines is 1. The van der Waals surface area contributed by atoms with Gasteiger partial charge in [-0.25, -0.2) is 4.79 Å². The van der Waals surface area contributed by atoms with Gasteiger partial charge in [-0.3, -0.25) is 4.98 Å². The molecule has 0 atom stereocenters. The molecule has 0 saturated heterocycles. The molecular formula is C14H14N2O2S. The van der Waals surface area contributed by atoms with E-state index in [1.807, 2.05) is 30.5 Å². The highest BCUT2D eigenvalue weighted by Crippen LogP contribution is 2.17. The molecule has 2 N–H and O–H groups in total. The Kier molecular flexibility index (Phi) is 4.41. The van der Waals surface area contributed by atoms with Gasteiger partial charge in [0, 0.05) is 16.8 Å². The number of aromatic nitrogens is 1. The number of hydrogen-bond donors (Lipinski definition) is 2. The Bertz CT molecular complexity index is 553. The van der Waals surface area contributed by atoms with Crippen LogP contribution in [0.25, 0.3) is 0 Å². The number of carboxylic acid groups (broad SMARTS) is 1. The summed E-state index contributed by atoms with van der Waals surface area (Å²) in [4.78, 5) is 16.0. The largest absolute Gasteiger partial charge is 0.478 e. The number of aromatic carboxylic acids is 1. The van der Waals surface area contributed by atoms with Gasteiger partial charge >= 0.3 is 5.97 Å². The van der Waals surface area contributed by atoms with Crippen molar-refractivity contribution in [2.75, 3.05) is 11.6 Å². The summed E-state index contributed by atoms with van der Waals surface area (Å²) in [5, 5.41) is 12.0. The van der Waals surface area contributed by atoms with E-state index in [2.05, 4.69) is 10.3 Å². The van der Waals surface area contributed by atoms with E-state index >= 15 is 0 Å². The summed E-state index contributed by atoms with van der Waals surface area (Å²) in [7, 11) is 0. The predicted molar refractivity (Wildman–Crippen MR) is 76.7 cm³/mol. The first-order valence-corrected chi connectivity index (χ1v) is 6.97. The molecule has 98 valence electrons. The highest BCUT2D eigenvalue weighted by molar-refractivity contribution is 7.98. The smallest absolute Gasteiger partial charge is 0.337 e. The Labute approximate surface area is 115 Å². The molecule has 0 aliphatic heterocycles. The molecule has 0 amide bonds. The van der Waals surface area contributed by atoms with Crippen LogP contribution in [0.2, 0.25) is 0 Å². The van der Waals surface area contributed by atoms with Crippen LogP contribution in [0.1, 0.15) is 16.1 Å². The van der Waals surface area contributed by atoms with Gasteiger partial charge in [-0.2, -0.15) is 0 Å². The molecule has 0 radical (unpaired) electrons. The van der Waals surface area contributed by atoms with E-state index in [1.54, 1.807) is 23.9 Å². The molecule has 2 aromatic rings. The summed E-state index contributed by atoms with van der Waals surface area (Å²) in [6, 6.07) is 11.4. The Balaban J connectivity index is 1.95. The van der Waals surface area contributed by atoms with Crippen molar-refractivity contribution in [3.8, 4) is 0 Å². The van der Waals surface area contributed by atoms with Crippen LogP contribution >= 0.6 is 11.8 Å². The van der Waals surface area contributed by atoms with Crippen LogP contribution in [0.5, 0.6) is 0 Å². The normalized spacial score (nSPS) is 10.2. The van der Waals surface area contributed by atoms with Crippen LogP contribution in [0.4, 0.5) is 5.69 Å². The number of nitrogens with one attached hydrogen (secondary N) is 1. The van der Waals surface area contributed by atoms with Gasteiger partial charge in [0.25, 0.3) is 0 Å². The van der Waals surface area contributed by atoms with Crippen LogP contribution in [0.15, 0.2) is 47.5 Å². The summed E-state index contributed by atoms with van der Waals surface area (Å²) < 4.78 is 0. The molecule has 0 bridgehead atoms. The van der Waals surface area contributed by atoms with Crippen LogP contribution in [0.3, 0.4) is 0 Å². The zero-order valence-corrected chi connectivity index (χ0v) is 11.3. The zero-order valence-electron chi connectivity index (χ0n) is 10.5. The van der Waals surface area contributed by atoms with Crippen molar-refractivity contribution in [1.82, 2.24) is 4.98 Å². The molecule has 0 aliphatic carbocycles. The van der Waals surface area contributed by atoms with Crippen LogP contribution in [0, 0.1) is 0 Å². The summed E-state index contributed by atoms with van der Waals surface area (Å²) in [5.74, 6) is -0.959. The second kappa shape index (κ2) is 6.24. The van der Waals surface area contributed by atoms with Crippen molar-refractivity contribution in [2.24, 2.45) is 0 Å². The SMILES string of the molecule is CSc1ccc(NCc2ccc(C(=O)O)cn2)cc1. The average Bonchev–Trinajstić information content (AvgIpc) is 2.46. The fourth-order valence-corrected chi connectivity index (χ4v) is 1.97. The maximum atomic E-state index is 10.7. The third kappa shape index (κ3) is 3.72. The van der Waals surface area contributed by atoms with Crippen molar-refractivity contribution in [3.63, 3.8) is 0 Å². The first-order chi connectivity index (χ1) is 9.19. The van der Waals surface area contributed by atoms with E-state index in [1.165, 1.54) is 11.1 Å². The van der Waals surface area contributed by atoms with E-state index in [0.29, 0.717) is 6.54 Å². The molecule has 0 aliphatic rings. The minimum Gasteiger partial charge on any atom is -0.478 e. The monoisotopic (exact) mass is 274 g/mol. The first kappa shape index (κ1) is 13.4. The second-order valence-corrected chi connectivity index (χ2v) is 4.81. The van der Waals surface area contributed by atoms with E-state index in [4.69, 9.17) is 5.11 Å². The third-order valence-corrected chi connectivity index (χ3v) is 3.38. The maximum Gasteiger partial charge on any atom is 0.337 e. The van der Waals surface area contributed by atoms with Gasteiger partial charge < -0.3 is 10.4 Å². The molecule has 0 spiro atoms. The van der Waals surface area contributed by atoms with Gasteiger partial charge in [0.15, 0.2) is 0 Å². The Morgan fingerprint density at radius 1 is 1.26 bits per heavy atom. The molecule has 0 saturated carbocycles. The molecule has 1 aromatic heterocycles. The second-order valence-electron chi connectivity index (χ2n) is 3.93. The molecule has 1 heterocycles. The van der Waals surface area contributed by atoms with E-state index in [-0.39, 0.29) is 5.56 Å². The minimum absolute atomic E-state index is 0.202. The summed E-state index contributed by atoms with van der Waals surface area (Å²) in [6.45, 7) is 0.568. The van der Waals surface area contributed by atoms with E-state index in [9.17, 15) is 4.79 Å². The number of benzene rings is 1. The molecule has 5 heteroatoms. The lowest BCUT2D eigenvalue weighted by Gasteiger charge is -2.06. The van der Waals surface area contributed by atoms with Gasteiger partial charge in [0.1, 0.15) is 0 Å². The number of hydrogen-bond acceptors (Lipinski definition) is 4. The van der Waals surface area contributed by atoms with Crippen LogP contribution in [-0.4, -0.2) is 22.3 Å². The Hall–Kier alpha value is -2.01. The number of carbonyl (C=O) groups is 1. The van der Waals surface area contributed by atoms with E-state index in [0.717, 1.165) is 11.4 Å². The third-order valence-electron chi connectivity index (χ3n) is 2.64. The first-order valence-electron chi connectivity index (χ1n) is 5.75. The average molecular weight is 274 g/mol. The highest BCUT2D eigenvalue weighted by atomic mass is 32.2. The number of nitrogens with zero attached hydrogens (tertiary/aromatic N) is 1. The van der Waals surface area contributed by atoms with Crippen LogP contribution < -0.4 is 5.32 Å². The molecule has 4 nitrogen and oxygen atoms in total. The van der Waals surface area contributed by atoms with Crippen molar-refractivity contribution >= 4 is 23.4 Å². The molecule has 2 rings (SSSR count). The van der Waals surface area contributed by atoms with Gasteiger partial charge in [-0.1, -0.05) is 0 Å².